The zero-order valence-electron chi connectivity index (χ0n) is 12.3. The summed E-state index contributed by atoms with van der Waals surface area (Å²) in [6.07, 6.45) is 0.827. The average Bonchev–Trinajstić information content (AvgIpc) is 2.59. The molecule has 2 amide bonds. The van der Waals surface area contributed by atoms with Crippen molar-refractivity contribution in [2.75, 3.05) is 32.8 Å². The molecule has 1 fully saturated rings. The number of carbonyl (C=O) groups is 2. The Morgan fingerprint density at radius 2 is 1.77 bits per heavy atom. The van der Waals surface area contributed by atoms with Crippen LogP contribution in [-0.4, -0.2) is 54.9 Å². The molecule has 0 N–H and O–H groups in total. The van der Waals surface area contributed by atoms with Crippen molar-refractivity contribution in [1.82, 2.24) is 9.80 Å². The number of amides is 2. The van der Waals surface area contributed by atoms with E-state index in [9.17, 15) is 9.59 Å². The maximum absolute atomic E-state index is 12.1. The predicted octanol–water partition coefficient (Wildman–Crippen LogP) is 1.52. The number of benzene rings is 2. The van der Waals surface area contributed by atoms with Crippen LogP contribution in [0.15, 0.2) is 42.5 Å². The van der Waals surface area contributed by atoms with E-state index in [4.69, 9.17) is 4.74 Å². The van der Waals surface area contributed by atoms with Gasteiger partial charge in [-0.2, -0.15) is 0 Å². The largest absolute Gasteiger partial charge is 0.484 e. The minimum absolute atomic E-state index is 0.0272. The van der Waals surface area contributed by atoms with Crippen molar-refractivity contribution in [2.45, 2.75) is 0 Å². The number of hydrogen-bond acceptors (Lipinski definition) is 3. The molecular weight excluding hydrogens is 280 g/mol. The molecular formula is C17H18N2O3. The summed E-state index contributed by atoms with van der Waals surface area (Å²) in [7, 11) is 0. The lowest BCUT2D eigenvalue weighted by Gasteiger charge is -2.32. The Balaban J connectivity index is 1.57. The van der Waals surface area contributed by atoms with Gasteiger partial charge in [0.2, 0.25) is 6.41 Å². The van der Waals surface area contributed by atoms with Gasteiger partial charge in [0.25, 0.3) is 5.91 Å². The highest BCUT2D eigenvalue weighted by Gasteiger charge is 2.20. The van der Waals surface area contributed by atoms with Crippen LogP contribution in [0.1, 0.15) is 0 Å². The molecule has 0 aromatic heterocycles. The van der Waals surface area contributed by atoms with E-state index in [2.05, 4.69) is 0 Å². The lowest BCUT2D eigenvalue weighted by molar-refractivity contribution is -0.137. The predicted molar refractivity (Wildman–Crippen MR) is 83.7 cm³/mol. The third-order valence-electron chi connectivity index (χ3n) is 3.90. The van der Waals surface area contributed by atoms with Crippen LogP contribution in [0.4, 0.5) is 0 Å². The van der Waals surface area contributed by atoms with E-state index in [1.54, 1.807) is 9.80 Å². The first-order chi connectivity index (χ1) is 10.8. The fraction of sp³-hybridized carbons (Fsp3) is 0.294. The number of rotatable bonds is 4. The van der Waals surface area contributed by atoms with Crippen molar-refractivity contribution in [2.24, 2.45) is 0 Å². The van der Waals surface area contributed by atoms with Crippen LogP contribution in [0.3, 0.4) is 0 Å². The van der Waals surface area contributed by atoms with Crippen LogP contribution in [0.5, 0.6) is 5.75 Å². The first-order valence-electron chi connectivity index (χ1n) is 7.35. The second-order valence-corrected chi connectivity index (χ2v) is 5.32. The van der Waals surface area contributed by atoms with Crippen molar-refractivity contribution in [3.63, 3.8) is 0 Å². The van der Waals surface area contributed by atoms with Gasteiger partial charge in [0, 0.05) is 26.2 Å². The van der Waals surface area contributed by atoms with Gasteiger partial charge in [-0.25, -0.2) is 0 Å². The van der Waals surface area contributed by atoms with E-state index >= 15 is 0 Å². The van der Waals surface area contributed by atoms with E-state index in [1.165, 1.54) is 0 Å². The van der Waals surface area contributed by atoms with Crippen LogP contribution in [-0.2, 0) is 9.59 Å². The number of fused-ring (bicyclic) bond motifs is 1. The highest BCUT2D eigenvalue weighted by atomic mass is 16.5. The number of nitrogens with zero attached hydrogens (tertiary/aromatic N) is 2. The van der Waals surface area contributed by atoms with E-state index in [0.29, 0.717) is 31.9 Å². The Morgan fingerprint density at radius 1 is 1.05 bits per heavy atom. The number of piperazine rings is 1. The molecule has 22 heavy (non-hydrogen) atoms. The number of ether oxygens (including phenoxy) is 1. The van der Waals surface area contributed by atoms with E-state index in [0.717, 1.165) is 17.2 Å². The van der Waals surface area contributed by atoms with Crippen molar-refractivity contribution in [3.8, 4) is 5.75 Å². The zero-order valence-corrected chi connectivity index (χ0v) is 12.3. The highest BCUT2D eigenvalue weighted by molar-refractivity contribution is 5.84. The second-order valence-electron chi connectivity index (χ2n) is 5.32. The van der Waals surface area contributed by atoms with Gasteiger partial charge in [0.15, 0.2) is 6.61 Å². The van der Waals surface area contributed by atoms with E-state index in [-0.39, 0.29) is 12.5 Å². The third-order valence-corrected chi connectivity index (χ3v) is 3.90. The fourth-order valence-electron chi connectivity index (χ4n) is 2.57. The molecule has 5 nitrogen and oxygen atoms in total. The lowest BCUT2D eigenvalue weighted by atomic mass is 10.1. The van der Waals surface area contributed by atoms with Crippen molar-refractivity contribution >= 4 is 23.1 Å². The van der Waals surface area contributed by atoms with Gasteiger partial charge in [-0.3, -0.25) is 9.59 Å². The third kappa shape index (κ3) is 3.19. The molecule has 0 spiro atoms. The van der Waals surface area contributed by atoms with Crippen LogP contribution in [0.2, 0.25) is 0 Å². The van der Waals surface area contributed by atoms with Crippen LogP contribution in [0, 0.1) is 0 Å². The molecule has 2 aromatic rings. The normalized spacial score (nSPS) is 14.9. The molecule has 0 bridgehead atoms. The van der Waals surface area contributed by atoms with Gasteiger partial charge in [-0.05, 0) is 22.9 Å². The summed E-state index contributed by atoms with van der Waals surface area (Å²) in [6, 6.07) is 13.8. The van der Waals surface area contributed by atoms with Gasteiger partial charge in [0.05, 0.1) is 0 Å². The maximum atomic E-state index is 12.1. The molecule has 1 saturated heterocycles. The molecule has 3 rings (SSSR count). The fourth-order valence-corrected chi connectivity index (χ4v) is 2.57. The minimum atomic E-state index is -0.0429. The first-order valence-corrected chi connectivity index (χ1v) is 7.35. The molecule has 0 unspecified atom stereocenters. The SMILES string of the molecule is O=CN1CCN(C(=O)COc2ccc3ccccc3c2)CC1. The van der Waals surface area contributed by atoms with E-state index in [1.807, 2.05) is 42.5 Å². The molecule has 0 radical (unpaired) electrons. The first kappa shape index (κ1) is 14.4. The van der Waals surface area contributed by atoms with Gasteiger partial charge in [-0.1, -0.05) is 30.3 Å². The Labute approximate surface area is 129 Å². The summed E-state index contributed by atoms with van der Waals surface area (Å²) in [5.41, 5.74) is 0. The molecule has 2 aromatic carbocycles. The van der Waals surface area contributed by atoms with E-state index < -0.39 is 0 Å². The summed E-state index contributed by atoms with van der Waals surface area (Å²) >= 11 is 0. The summed E-state index contributed by atoms with van der Waals surface area (Å²) < 4.78 is 5.61. The van der Waals surface area contributed by atoms with Gasteiger partial charge >= 0.3 is 0 Å². The smallest absolute Gasteiger partial charge is 0.260 e. The Morgan fingerprint density at radius 3 is 2.50 bits per heavy atom. The zero-order chi connectivity index (χ0) is 15.4. The molecule has 0 aliphatic carbocycles. The van der Waals surface area contributed by atoms with Crippen LogP contribution < -0.4 is 4.74 Å². The standard InChI is InChI=1S/C17H18N2O3/c20-13-18-7-9-19(10-8-18)17(21)12-22-16-6-5-14-3-1-2-4-15(14)11-16/h1-6,11,13H,7-10,12H2. The molecule has 1 aliphatic heterocycles. The molecule has 0 atom stereocenters. The van der Waals surface area contributed by atoms with Gasteiger partial charge in [0.1, 0.15) is 5.75 Å². The van der Waals surface area contributed by atoms with Crippen molar-refractivity contribution < 1.29 is 14.3 Å². The maximum Gasteiger partial charge on any atom is 0.260 e. The Hall–Kier alpha value is -2.56. The quantitative estimate of drug-likeness (QED) is 0.804. The van der Waals surface area contributed by atoms with Crippen LogP contribution >= 0.6 is 0 Å². The summed E-state index contributed by atoms with van der Waals surface area (Å²) in [6.45, 7) is 2.34. The minimum Gasteiger partial charge on any atom is -0.484 e. The Bertz CT molecular complexity index is 678. The molecule has 1 aliphatic rings. The van der Waals surface area contributed by atoms with Crippen LogP contribution in [0.25, 0.3) is 10.8 Å². The summed E-state index contributed by atoms with van der Waals surface area (Å²) in [5.74, 6) is 0.650. The Kier molecular flexibility index (Phi) is 4.23. The average molecular weight is 298 g/mol. The summed E-state index contributed by atoms with van der Waals surface area (Å²) in [4.78, 5) is 26.2. The van der Waals surface area contributed by atoms with Gasteiger partial charge < -0.3 is 14.5 Å². The topological polar surface area (TPSA) is 49.9 Å². The monoisotopic (exact) mass is 298 g/mol. The lowest BCUT2D eigenvalue weighted by Crippen LogP contribution is -2.49. The molecule has 1 heterocycles. The number of carbonyl (C=O) groups excluding carboxylic acids is 2. The molecule has 114 valence electrons. The summed E-state index contributed by atoms with van der Waals surface area (Å²) in [5, 5.41) is 2.23. The van der Waals surface area contributed by atoms with Crippen molar-refractivity contribution in [1.29, 1.82) is 0 Å². The second kappa shape index (κ2) is 6.47. The highest BCUT2D eigenvalue weighted by Crippen LogP contribution is 2.20. The number of hydrogen-bond donors (Lipinski definition) is 0. The molecule has 0 saturated carbocycles. The van der Waals surface area contributed by atoms with Crippen molar-refractivity contribution in [3.05, 3.63) is 42.5 Å². The van der Waals surface area contributed by atoms with Gasteiger partial charge in [-0.15, -0.1) is 0 Å². The molecule has 5 heteroatoms.